The van der Waals surface area contributed by atoms with Crippen LogP contribution < -0.4 is 0 Å². The van der Waals surface area contributed by atoms with Crippen LogP contribution in [0, 0.1) is 0 Å². The van der Waals surface area contributed by atoms with E-state index in [1.807, 2.05) is 0 Å². The van der Waals surface area contributed by atoms with Crippen LogP contribution in [-0.4, -0.2) is 64.9 Å². The fourth-order valence-corrected chi connectivity index (χ4v) is 6.90. The minimum Gasteiger partial charge on any atom is -0.748 e. The van der Waals surface area contributed by atoms with Crippen molar-refractivity contribution in [3.05, 3.63) is 179 Å². The molecule has 25 heteroatoms. The largest absolute Gasteiger partial charge is 1.00 e. The molecular formula is C35H35Ag5O15S5. The van der Waals surface area contributed by atoms with Crippen LogP contribution >= 0.6 is 0 Å². The summed E-state index contributed by atoms with van der Waals surface area (Å²) in [6.45, 7) is 0. The van der Waals surface area contributed by atoms with Gasteiger partial charge in [-0.1, -0.05) is 152 Å². The molecule has 0 N–H and O–H groups in total. The van der Waals surface area contributed by atoms with Gasteiger partial charge in [0.1, 0.15) is 0 Å². The van der Waals surface area contributed by atoms with Gasteiger partial charge in [-0.25, -0.2) is 42.1 Å². The zero-order valence-electron chi connectivity index (χ0n) is 30.1. The van der Waals surface area contributed by atoms with Gasteiger partial charge in [0.15, 0.2) is 0 Å². The summed E-state index contributed by atoms with van der Waals surface area (Å²) < 4.78 is 154. The van der Waals surface area contributed by atoms with E-state index in [1.165, 1.54) is 0 Å². The first-order chi connectivity index (χ1) is 25.4. The van der Waals surface area contributed by atoms with Crippen molar-refractivity contribution >= 4 is 50.6 Å². The third kappa shape index (κ3) is 44.0. The summed E-state index contributed by atoms with van der Waals surface area (Å²) in [4.78, 5) is 0. The molecule has 0 fully saturated rings. The van der Waals surface area contributed by atoms with Crippen LogP contribution in [0.3, 0.4) is 0 Å². The van der Waals surface area contributed by atoms with E-state index in [0.717, 1.165) is 0 Å². The fourth-order valence-electron chi connectivity index (χ4n) is 3.89. The van der Waals surface area contributed by atoms with Gasteiger partial charge in [0.25, 0.3) is 0 Å². The number of hydrogen-bond donors (Lipinski definition) is 0. The molecule has 0 unspecified atom stereocenters. The van der Waals surface area contributed by atoms with Crippen molar-refractivity contribution in [2.24, 2.45) is 0 Å². The smallest absolute Gasteiger partial charge is 0.748 e. The second kappa shape index (κ2) is 34.7. The van der Waals surface area contributed by atoms with Crippen molar-refractivity contribution in [2.75, 3.05) is 0 Å². The van der Waals surface area contributed by atoms with E-state index >= 15 is 0 Å². The van der Waals surface area contributed by atoms with Crippen molar-refractivity contribution in [3.63, 3.8) is 0 Å². The van der Waals surface area contributed by atoms with Crippen molar-refractivity contribution in [2.45, 2.75) is 28.8 Å². The summed E-state index contributed by atoms with van der Waals surface area (Å²) in [7, 11) is -20.6. The molecule has 0 atom stereocenters. The van der Waals surface area contributed by atoms with Gasteiger partial charge >= 0.3 is 112 Å². The Hall–Kier alpha value is -0.649. The molecule has 0 saturated heterocycles. The predicted octanol–water partition coefficient (Wildman–Crippen LogP) is 3.65. The van der Waals surface area contributed by atoms with Gasteiger partial charge < -0.3 is 22.8 Å². The maximum absolute atomic E-state index is 10.2. The fraction of sp³-hybridized carbons (Fsp3) is 0.143. The minimum atomic E-state index is -4.13. The first kappa shape index (κ1) is 68.4. The first-order valence-corrected chi connectivity index (χ1v) is 23.2. The molecule has 0 bridgehead atoms. The molecule has 60 heavy (non-hydrogen) atoms. The van der Waals surface area contributed by atoms with E-state index in [1.54, 1.807) is 152 Å². The molecule has 350 valence electrons. The van der Waals surface area contributed by atoms with Gasteiger partial charge in [0.05, 0.1) is 79.4 Å². The van der Waals surface area contributed by atoms with Crippen molar-refractivity contribution in [3.8, 4) is 0 Å². The van der Waals surface area contributed by atoms with Gasteiger partial charge in [0, 0.05) is 0 Å². The van der Waals surface area contributed by atoms with E-state index < -0.39 is 79.4 Å². The topological polar surface area (TPSA) is 286 Å². The van der Waals surface area contributed by atoms with Crippen molar-refractivity contribution < 1.29 is 177 Å². The van der Waals surface area contributed by atoms with E-state index in [9.17, 15) is 64.9 Å². The summed E-state index contributed by atoms with van der Waals surface area (Å²) in [5.41, 5.74) is 2.65. The number of rotatable bonds is 10. The monoisotopic (exact) mass is 1390 g/mol. The van der Waals surface area contributed by atoms with Crippen LogP contribution in [0.15, 0.2) is 152 Å². The molecule has 5 rings (SSSR count). The second-order valence-corrected chi connectivity index (χ2v) is 18.0. The quantitative estimate of drug-likeness (QED) is 0.143. The molecule has 0 aliphatic heterocycles. The van der Waals surface area contributed by atoms with Gasteiger partial charge in [0.2, 0.25) is 0 Å². The summed E-state index contributed by atoms with van der Waals surface area (Å²) in [5, 5.41) is 0. The molecule has 0 aliphatic rings. The van der Waals surface area contributed by atoms with Gasteiger partial charge in [-0.2, -0.15) is 0 Å². The summed E-state index contributed by atoms with van der Waals surface area (Å²) in [6, 6.07) is 41.8. The zero-order valence-corrected chi connectivity index (χ0v) is 41.6. The third-order valence-corrected chi connectivity index (χ3v) is 9.37. The average Bonchev–Trinajstić information content (AvgIpc) is 3.05. The van der Waals surface area contributed by atoms with Gasteiger partial charge in [-0.05, 0) is 27.8 Å². The summed E-state index contributed by atoms with van der Waals surface area (Å²) in [5.74, 6) is -2.11. The van der Waals surface area contributed by atoms with E-state index in [4.69, 9.17) is 0 Å². The van der Waals surface area contributed by atoms with Crippen LogP contribution in [0.1, 0.15) is 27.8 Å². The van der Waals surface area contributed by atoms with E-state index in [2.05, 4.69) is 0 Å². The zero-order chi connectivity index (χ0) is 41.6. The van der Waals surface area contributed by atoms with Crippen LogP contribution in [0.4, 0.5) is 0 Å². The Morgan fingerprint density at radius 3 is 0.417 bits per heavy atom. The molecule has 0 heterocycles. The Kier molecular flexibility index (Phi) is 39.6. The SMILES string of the molecule is O=S(=O)([O-])Cc1ccccc1.O=S(=O)([O-])Cc1ccccc1.O=S(=O)([O-])Cc1ccccc1.O=S(=O)([O-])Cc1ccccc1.O=S(=O)([O-])Cc1ccccc1.[Ag+].[Ag+].[Ag+].[Ag+].[Ag+]. The molecule has 0 spiro atoms. The van der Waals surface area contributed by atoms with E-state index in [-0.39, 0.29) is 112 Å². The van der Waals surface area contributed by atoms with Crippen molar-refractivity contribution in [1.29, 1.82) is 0 Å². The molecular weight excluding hydrogens is 1360 g/mol. The van der Waals surface area contributed by atoms with Crippen LogP contribution in [0.25, 0.3) is 0 Å². The Labute approximate surface area is 430 Å². The van der Waals surface area contributed by atoms with Crippen LogP contribution in [0.2, 0.25) is 0 Å². The molecule has 15 nitrogen and oxygen atoms in total. The maximum atomic E-state index is 10.2. The molecule has 0 aliphatic carbocycles. The van der Waals surface area contributed by atoms with E-state index in [0.29, 0.717) is 27.8 Å². The Balaban J connectivity index is -0.000000206. The van der Waals surface area contributed by atoms with Gasteiger partial charge in [-0.15, -0.1) is 0 Å². The average molecular weight is 1400 g/mol. The molecule has 0 radical (unpaired) electrons. The molecule has 0 aromatic heterocycles. The molecule has 0 saturated carbocycles. The first-order valence-electron chi connectivity index (χ1n) is 15.3. The minimum absolute atomic E-state index is 0. The molecule has 0 amide bonds. The normalized spacial score (nSPS) is 10.4. The number of hydrogen-bond acceptors (Lipinski definition) is 15. The van der Waals surface area contributed by atoms with Crippen LogP contribution in [-0.2, 0) is 191 Å². The Morgan fingerprint density at radius 1 is 0.233 bits per heavy atom. The number of benzene rings is 5. The standard InChI is InChI=1S/5C7H8O3S.5Ag/c5*8-11(9,10)6-7-4-2-1-3-5-7;;;;;/h5*1-5H,6H2,(H,8,9,10);;;;;/q;;;;;5*+1/p-5. The predicted molar refractivity (Wildman–Crippen MR) is 199 cm³/mol. The third-order valence-electron chi connectivity index (χ3n) is 5.93. The molecule has 5 aromatic carbocycles. The van der Waals surface area contributed by atoms with Crippen molar-refractivity contribution in [1.82, 2.24) is 0 Å². The molecule has 5 aromatic rings. The second-order valence-electron chi connectivity index (χ2n) is 10.9. The Bertz CT molecular complexity index is 2000. The maximum Gasteiger partial charge on any atom is 1.00 e. The van der Waals surface area contributed by atoms with Crippen LogP contribution in [0.5, 0.6) is 0 Å². The van der Waals surface area contributed by atoms with Gasteiger partial charge in [-0.3, -0.25) is 0 Å². The Morgan fingerprint density at radius 2 is 0.333 bits per heavy atom. The summed E-state index contributed by atoms with van der Waals surface area (Å²) in [6.07, 6.45) is 0. The summed E-state index contributed by atoms with van der Waals surface area (Å²) >= 11 is 0.